The lowest BCUT2D eigenvalue weighted by Gasteiger charge is -2.15. The second-order valence-corrected chi connectivity index (χ2v) is 4.02. The third-order valence-electron chi connectivity index (χ3n) is 2.82. The molecule has 0 saturated heterocycles. The van der Waals surface area contributed by atoms with E-state index in [1.54, 1.807) is 12.4 Å². The van der Waals surface area contributed by atoms with Crippen molar-refractivity contribution >= 4 is 5.97 Å². The van der Waals surface area contributed by atoms with Gasteiger partial charge in [0.15, 0.2) is 0 Å². The molecular weight excluding hydrogens is 192 g/mol. The zero-order valence-corrected chi connectivity index (χ0v) is 8.63. The van der Waals surface area contributed by atoms with Crippen LogP contribution in [0, 0.1) is 5.92 Å². The molecule has 1 aromatic heterocycles. The maximum absolute atomic E-state index is 10.7. The average molecular weight is 206 g/mol. The molecule has 2 unspecified atom stereocenters. The highest BCUT2D eigenvalue weighted by Gasteiger charge is 2.45. The predicted octanol–water partition coefficient (Wildman–Crippen LogP) is 0.986. The van der Waals surface area contributed by atoms with Crippen LogP contribution in [0.2, 0.25) is 0 Å². The van der Waals surface area contributed by atoms with Gasteiger partial charge in [-0.2, -0.15) is 0 Å². The van der Waals surface area contributed by atoms with E-state index < -0.39 is 5.97 Å². The van der Waals surface area contributed by atoms with E-state index in [4.69, 9.17) is 5.11 Å². The van der Waals surface area contributed by atoms with Gasteiger partial charge >= 0.3 is 5.97 Å². The van der Waals surface area contributed by atoms with Crippen molar-refractivity contribution in [1.82, 2.24) is 9.88 Å². The van der Waals surface area contributed by atoms with Crippen LogP contribution < -0.4 is 0 Å². The molecule has 0 aliphatic heterocycles. The molecule has 0 aromatic carbocycles. The SMILES string of the molecule is CN(Cc1ccncc1)C1CC1C(=O)O. The Balaban J connectivity index is 1.89. The standard InChI is InChI=1S/C11H14N2O2/c1-13(10-6-9(10)11(14)15)7-8-2-4-12-5-3-8/h2-5,9-10H,6-7H2,1H3,(H,14,15). The van der Waals surface area contributed by atoms with Gasteiger partial charge in [0, 0.05) is 25.0 Å². The molecule has 1 N–H and O–H groups in total. The van der Waals surface area contributed by atoms with E-state index in [0.29, 0.717) is 0 Å². The summed E-state index contributed by atoms with van der Waals surface area (Å²) in [6, 6.07) is 4.11. The van der Waals surface area contributed by atoms with E-state index in [1.165, 1.54) is 5.56 Å². The first-order valence-corrected chi connectivity index (χ1v) is 5.00. The molecular formula is C11H14N2O2. The summed E-state index contributed by atoms with van der Waals surface area (Å²) in [6.07, 6.45) is 4.28. The maximum atomic E-state index is 10.7. The van der Waals surface area contributed by atoms with E-state index in [0.717, 1.165) is 13.0 Å². The summed E-state index contributed by atoms with van der Waals surface area (Å²) < 4.78 is 0. The van der Waals surface area contributed by atoms with Crippen molar-refractivity contribution < 1.29 is 9.90 Å². The van der Waals surface area contributed by atoms with Gasteiger partial charge in [0.1, 0.15) is 0 Å². The van der Waals surface area contributed by atoms with Gasteiger partial charge in [0.05, 0.1) is 5.92 Å². The maximum Gasteiger partial charge on any atom is 0.308 e. The summed E-state index contributed by atoms with van der Waals surface area (Å²) in [5.41, 5.74) is 1.17. The molecule has 80 valence electrons. The van der Waals surface area contributed by atoms with Crippen LogP contribution in [0.1, 0.15) is 12.0 Å². The van der Waals surface area contributed by atoms with E-state index in [2.05, 4.69) is 9.88 Å². The van der Waals surface area contributed by atoms with Crippen LogP contribution in [0.25, 0.3) is 0 Å². The highest BCUT2D eigenvalue weighted by atomic mass is 16.4. The largest absolute Gasteiger partial charge is 0.481 e. The summed E-state index contributed by atoms with van der Waals surface area (Å²) in [5.74, 6) is -0.849. The quantitative estimate of drug-likeness (QED) is 0.798. The van der Waals surface area contributed by atoms with Crippen LogP contribution in [-0.4, -0.2) is 34.0 Å². The molecule has 0 amide bonds. The summed E-state index contributed by atoms with van der Waals surface area (Å²) in [6.45, 7) is 0.789. The lowest BCUT2D eigenvalue weighted by Crippen LogP contribution is -2.23. The van der Waals surface area contributed by atoms with Gasteiger partial charge in [-0.05, 0) is 31.2 Å². The van der Waals surface area contributed by atoms with Crippen LogP contribution >= 0.6 is 0 Å². The fraction of sp³-hybridized carbons (Fsp3) is 0.455. The number of hydrogen-bond donors (Lipinski definition) is 1. The Bertz CT molecular complexity index is 353. The van der Waals surface area contributed by atoms with E-state index in [-0.39, 0.29) is 12.0 Å². The number of carbonyl (C=O) groups is 1. The van der Waals surface area contributed by atoms with E-state index >= 15 is 0 Å². The Labute approximate surface area is 88.6 Å². The van der Waals surface area contributed by atoms with Crippen molar-refractivity contribution in [3.05, 3.63) is 30.1 Å². The lowest BCUT2D eigenvalue weighted by atomic mass is 10.2. The predicted molar refractivity (Wildman–Crippen MR) is 55.2 cm³/mol. The zero-order valence-electron chi connectivity index (χ0n) is 8.63. The minimum Gasteiger partial charge on any atom is -0.481 e. The topological polar surface area (TPSA) is 53.4 Å². The first kappa shape index (κ1) is 10.1. The fourth-order valence-electron chi connectivity index (χ4n) is 1.83. The monoisotopic (exact) mass is 206 g/mol. The molecule has 15 heavy (non-hydrogen) atoms. The van der Waals surface area contributed by atoms with Gasteiger partial charge in [0.2, 0.25) is 0 Å². The number of carboxylic acid groups (broad SMARTS) is 1. The van der Waals surface area contributed by atoms with Crippen molar-refractivity contribution in [3.63, 3.8) is 0 Å². The molecule has 1 fully saturated rings. The Morgan fingerprint density at radius 1 is 1.60 bits per heavy atom. The molecule has 2 atom stereocenters. The molecule has 1 saturated carbocycles. The third kappa shape index (κ3) is 2.33. The first-order chi connectivity index (χ1) is 7.18. The highest BCUT2D eigenvalue weighted by Crippen LogP contribution is 2.35. The molecule has 1 aromatic rings. The van der Waals surface area contributed by atoms with Gasteiger partial charge in [-0.25, -0.2) is 0 Å². The molecule has 2 rings (SSSR count). The van der Waals surface area contributed by atoms with Crippen LogP contribution in [0.15, 0.2) is 24.5 Å². The number of carboxylic acids is 1. The van der Waals surface area contributed by atoms with Crippen molar-refractivity contribution in [2.24, 2.45) is 5.92 Å². The number of hydrogen-bond acceptors (Lipinski definition) is 3. The number of aliphatic carboxylic acids is 1. The summed E-state index contributed by atoms with van der Waals surface area (Å²) in [4.78, 5) is 16.7. The van der Waals surface area contributed by atoms with Crippen LogP contribution in [0.3, 0.4) is 0 Å². The summed E-state index contributed by atoms with van der Waals surface area (Å²) >= 11 is 0. The molecule has 4 heteroatoms. The van der Waals surface area contributed by atoms with Gasteiger partial charge in [-0.3, -0.25) is 14.7 Å². The fourth-order valence-corrected chi connectivity index (χ4v) is 1.83. The van der Waals surface area contributed by atoms with Crippen LogP contribution in [0.5, 0.6) is 0 Å². The number of rotatable bonds is 4. The summed E-state index contributed by atoms with van der Waals surface area (Å²) in [7, 11) is 1.97. The van der Waals surface area contributed by atoms with Gasteiger partial charge in [-0.15, -0.1) is 0 Å². The molecule has 4 nitrogen and oxygen atoms in total. The Hall–Kier alpha value is -1.42. The molecule has 0 radical (unpaired) electrons. The Morgan fingerprint density at radius 2 is 2.27 bits per heavy atom. The minimum absolute atomic E-state index is 0.170. The Morgan fingerprint density at radius 3 is 2.80 bits per heavy atom. The smallest absolute Gasteiger partial charge is 0.308 e. The molecule has 1 aliphatic rings. The average Bonchev–Trinajstić information content (AvgIpc) is 2.98. The van der Waals surface area contributed by atoms with Crippen molar-refractivity contribution in [1.29, 1.82) is 0 Å². The van der Waals surface area contributed by atoms with Crippen molar-refractivity contribution in [2.75, 3.05) is 7.05 Å². The number of aromatic nitrogens is 1. The van der Waals surface area contributed by atoms with E-state index in [9.17, 15) is 4.79 Å². The van der Waals surface area contributed by atoms with Gasteiger partial charge in [0.25, 0.3) is 0 Å². The second kappa shape index (κ2) is 3.98. The second-order valence-electron chi connectivity index (χ2n) is 4.02. The first-order valence-electron chi connectivity index (χ1n) is 5.00. The molecule has 0 bridgehead atoms. The number of pyridine rings is 1. The van der Waals surface area contributed by atoms with Gasteiger partial charge in [-0.1, -0.05) is 0 Å². The van der Waals surface area contributed by atoms with Crippen molar-refractivity contribution in [3.8, 4) is 0 Å². The van der Waals surface area contributed by atoms with Crippen LogP contribution in [0.4, 0.5) is 0 Å². The number of nitrogens with zero attached hydrogens (tertiary/aromatic N) is 2. The van der Waals surface area contributed by atoms with Crippen LogP contribution in [-0.2, 0) is 11.3 Å². The van der Waals surface area contributed by atoms with Gasteiger partial charge < -0.3 is 5.11 Å². The lowest BCUT2D eigenvalue weighted by molar-refractivity contribution is -0.138. The molecule has 1 heterocycles. The zero-order chi connectivity index (χ0) is 10.8. The minimum atomic E-state index is -0.679. The Kier molecular flexibility index (Phi) is 2.68. The highest BCUT2D eigenvalue weighted by molar-refractivity contribution is 5.74. The molecule has 1 aliphatic carbocycles. The third-order valence-corrected chi connectivity index (χ3v) is 2.82. The summed E-state index contributed by atoms with van der Waals surface area (Å²) in [5, 5.41) is 8.80. The van der Waals surface area contributed by atoms with E-state index in [1.807, 2.05) is 19.2 Å². The normalized spacial score (nSPS) is 24.1. The van der Waals surface area contributed by atoms with Crippen molar-refractivity contribution in [2.45, 2.75) is 19.0 Å². The molecule has 0 spiro atoms.